The number of halogens is 1. The van der Waals surface area contributed by atoms with E-state index in [1.807, 2.05) is 13.8 Å². The Labute approximate surface area is 149 Å². The van der Waals surface area contributed by atoms with E-state index < -0.39 is 17.6 Å². The Morgan fingerprint density at radius 2 is 1.92 bits per heavy atom. The summed E-state index contributed by atoms with van der Waals surface area (Å²) < 4.78 is 0. The largest absolute Gasteiger partial charge is 0.343 e. The van der Waals surface area contributed by atoms with Crippen LogP contribution in [0.1, 0.15) is 46.5 Å². The van der Waals surface area contributed by atoms with E-state index in [0.717, 1.165) is 17.7 Å². The lowest BCUT2D eigenvalue weighted by molar-refractivity contribution is -0.142. The second-order valence-electron chi connectivity index (χ2n) is 7.63. The summed E-state index contributed by atoms with van der Waals surface area (Å²) in [5.74, 6) is -0.502. The maximum absolute atomic E-state index is 12.7. The Morgan fingerprint density at radius 3 is 2.42 bits per heavy atom. The summed E-state index contributed by atoms with van der Waals surface area (Å²) >= 11 is 0. The van der Waals surface area contributed by atoms with Crippen LogP contribution < -0.4 is 11.1 Å². The first-order chi connectivity index (χ1) is 10.6. The van der Waals surface area contributed by atoms with Crippen LogP contribution in [-0.2, 0) is 9.59 Å². The van der Waals surface area contributed by atoms with Gasteiger partial charge in [0.25, 0.3) is 5.91 Å². The van der Waals surface area contributed by atoms with Crippen LogP contribution in [0.2, 0.25) is 0 Å². The molecule has 1 saturated carbocycles. The number of hydrogen-bond acceptors (Lipinski definition) is 4. The minimum atomic E-state index is -0.805. The Kier molecular flexibility index (Phi) is 6.27. The number of carbonyl (C=O) groups excluding carboxylic acids is 3. The molecule has 138 valence electrons. The summed E-state index contributed by atoms with van der Waals surface area (Å²) in [6, 6.07) is -1.26. The smallest absolute Gasteiger partial charge is 0.325 e. The van der Waals surface area contributed by atoms with Crippen LogP contribution >= 0.6 is 12.4 Å². The van der Waals surface area contributed by atoms with Crippen molar-refractivity contribution in [2.75, 3.05) is 20.1 Å². The monoisotopic (exact) mass is 360 g/mol. The molecular weight excluding hydrogens is 332 g/mol. The summed E-state index contributed by atoms with van der Waals surface area (Å²) in [4.78, 5) is 40.2. The zero-order chi connectivity index (χ0) is 17.4. The highest BCUT2D eigenvalue weighted by Gasteiger charge is 2.54. The van der Waals surface area contributed by atoms with Crippen LogP contribution in [0.15, 0.2) is 0 Å². The van der Waals surface area contributed by atoms with E-state index in [1.54, 1.807) is 18.9 Å². The molecule has 2 aliphatic rings. The molecule has 2 fully saturated rings. The van der Waals surface area contributed by atoms with Gasteiger partial charge in [-0.25, -0.2) is 9.69 Å². The Balaban J connectivity index is 0.00000288. The molecule has 0 aromatic rings. The number of likely N-dealkylation sites (N-methyl/N-ethyl adjacent to an activating group) is 1. The van der Waals surface area contributed by atoms with Crippen molar-refractivity contribution in [2.24, 2.45) is 11.1 Å². The SMILES string of the molecule is CC(C(=O)N(C)CC(C)(C)CN)N1C(=O)NC2(CCCC2)C1=O.Cl. The van der Waals surface area contributed by atoms with Crippen molar-refractivity contribution in [3.63, 3.8) is 0 Å². The van der Waals surface area contributed by atoms with Crippen LogP contribution in [0.4, 0.5) is 4.79 Å². The molecule has 1 saturated heterocycles. The summed E-state index contributed by atoms with van der Waals surface area (Å²) in [6.45, 7) is 6.48. The Hall–Kier alpha value is -1.34. The number of imide groups is 1. The molecule has 0 aromatic carbocycles. The van der Waals surface area contributed by atoms with E-state index in [0.29, 0.717) is 25.9 Å². The minimum Gasteiger partial charge on any atom is -0.343 e. The van der Waals surface area contributed by atoms with Gasteiger partial charge < -0.3 is 16.0 Å². The van der Waals surface area contributed by atoms with Crippen molar-refractivity contribution in [1.82, 2.24) is 15.1 Å². The molecule has 3 N–H and O–H groups in total. The molecule has 8 heteroatoms. The van der Waals surface area contributed by atoms with Crippen LogP contribution in [0, 0.1) is 5.41 Å². The van der Waals surface area contributed by atoms with Gasteiger partial charge in [0.15, 0.2) is 0 Å². The summed E-state index contributed by atoms with van der Waals surface area (Å²) in [7, 11) is 1.68. The average Bonchev–Trinajstić information content (AvgIpc) is 3.04. The normalized spacial score (nSPS) is 20.8. The van der Waals surface area contributed by atoms with Gasteiger partial charge >= 0.3 is 6.03 Å². The zero-order valence-corrected chi connectivity index (χ0v) is 15.7. The quantitative estimate of drug-likeness (QED) is 0.718. The maximum Gasteiger partial charge on any atom is 0.325 e. The Bertz CT molecular complexity index is 517. The van der Waals surface area contributed by atoms with Gasteiger partial charge in [0.2, 0.25) is 5.91 Å². The Morgan fingerprint density at radius 1 is 1.38 bits per heavy atom. The van der Waals surface area contributed by atoms with Gasteiger partial charge in [-0.2, -0.15) is 0 Å². The number of hydrogen-bond donors (Lipinski definition) is 2. The van der Waals surface area contributed by atoms with E-state index in [-0.39, 0.29) is 29.6 Å². The number of carbonyl (C=O) groups is 3. The highest BCUT2D eigenvalue weighted by molar-refractivity contribution is 6.09. The van der Waals surface area contributed by atoms with Crippen LogP contribution in [0.5, 0.6) is 0 Å². The molecule has 24 heavy (non-hydrogen) atoms. The topological polar surface area (TPSA) is 95.7 Å². The number of nitrogens with two attached hydrogens (primary N) is 1. The average molecular weight is 361 g/mol. The number of nitrogens with one attached hydrogen (secondary N) is 1. The van der Waals surface area contributed by atoms with Gasteiger partial charge in [-0.1, -0.05) is 26.7 Å². The standard InChI is InChI=1S/C16H28N4O3.ClH/c1-11(12(21)19(4)10-15(2,3)9-17)20-13(22)16(18-14(20)23)7-5-6-8-16;/h11H,5-10,17H2,1-4H3,(H,18,23);1H. The highest BCUT2D eigenvalue weighted by atomic mass is 35.5. The fraction of sp³-hybridized carbons (Fsp3) is 0.812. The molecule has 2 rings (SSSR count). The van der Waals surface area contributed by atoms with Gasteiger partial charge in [-0.3, -0.25) is 9.59 Å². The first kappa shape index (κ1) is 20.7. The number of amides is 4. The van der Waals surface area contributed by atoms with E-state index in [2.05, 4.69) is 5.32 Å². The predicted octanol–water partition coefficient (Wildman–Crippen LogP) is 1.10. The lowest BCUT2D eigenvalue weighted by Crippen LogP contribution is -2.52. The fourth-order valence-corrected chi connectivity index (χ4v) is 3.52. The van der Waals surface area contributed by atoms with Gasteiger partial charge in [0.05, 0.1) is 0 Å². The minimum absolute atomic E-state index is 0. The van der Waals surface area contributed by atoms with Crippen molar-refractivity contribution < 1.29 is 14.4 Å². The third-order valence-corrected chi connectivity index (χ3v) is 4.99. The van der Waals surface area contributed by atoms with E-state index in [1.165, 1.54) is 0 Å². The molecule has 1 atom stereocenters. The van der Waals surface area contributed by atoms with E-state index in [4.69, 9.17) is 5.73 Å². The lowest BCUT2D eigenvalue weighted by atomic mass is 9.93. The molecule has 1 unspecified atom stereocenters. The van der Waals surface area contributed by atoms with Crippen molar-refractivity contribution >= 4 is 30.3 Å². The fourth-order valence-electron chi connectivity index (χ4n) is 3.52. The van der Waals surface area contributed by atoms with Crippen LogP contribution in [-0.4, -0.2) is 59.4 Å². The third-order valence-electron chi connectivity index (χ3n) is 4.99. The molecule has 0 bridgehead atoms. The summed E-state index contributed by atoms with van der Waals surface area (Å²) in [6.07, 6.45) is 3.16. The molecule has 0 radical (unpaired) electrons. The number of nitrogens with zero attached hydrogens (tertiary/aromatic N) is 2. The molecule has 1 heterocycles. The molecule has 1 aliphatic heterocycles. The lowest BCUT2D eigenvalue weighted by Gasteiger charge is -2.32. The molecular formula is C16H29ClN4O3. The third kappa shape index (κ3) is 3.67. The molecule has 0 aromatic heterocycles. The molecule has 7 nitrogen and oxygen atoms in total. The summed E-state index contributed by atoms with van der Waals surface area (Å²) in [5, 5.41) is 2.81. The van der Waals surface area contributed by atoms with E-state index in [9.17, 15) is 14.4 Å². The number of rotatable bonds is 5. The van der Waals surface area contributed by atoms with Crippen molar-refractivity contribution in [3.05, 3.63) is 0 Å². The van der Waals surface area contributed by atoms with Gasteiger partial charge in [0, 0.05) is 13.6 Å². The maximum atomic E-state index is 12.7. The zero-order valence-electron chi connectivity index (χ0n) is 14.9. The first-order valence-electron chi connectivity index (χ1n) is 8.24. The second-order valence-corrected chi connectivity index (χ2v) is 7.63. The van der Waals surface area contributed by atoms with E-state index >= 15 is 0 Å². The van der Waals surface area contributed by atoms with Gasteiger partial charge in [-0.05, 0) is 31.7 Å². The molecule has 4 amide bonds. The van der Waals surface area contributed by atoms with Crippen molar-refractivity contribution in [1.29, 1.82) is 0 Å². The summed E-state index contributed by atoms with van der Waals surface area (Å²) in [5.41, 5.74) is 4.72. The highest BCUT2D eigenvalue weighted by Crippen LogP contribution is 2.35. The van der Waals surface area contributed by atoms with Crippen LogP contribution in [0.25, 0.3) is 0 Å². The predicted molar refractivity (Wildman–Crippen MR) is 93.8 cm³/mol. The van der Waals surface area contributed by atoms with Crippen molar-refractivity contribution in [3.8, 4) is 0 Å². The van der Waals surface area contributed by atoms with Crippen molar-refractivity contribution in [2.45, 2.75) is 58.0 Å². The molecule has 1 aliphatic carbocycles. The van der Waals surface area contributed by atoms with Gasteiger partial charge in [-0.15, -0.1) is 12.4 Å². The van der Waals surface area contributed by atoms with Crippen LogP contribution in [0.3, 0.4) is 0 Å². The van der Waals surface area contributed by atoms with Gasteiger partial charge in [0.1, 0.15) is 11.6 Å². The molecule has 1 spiro atoms. The number of urea groups is 1. The first-order valence-corrected chi connectivity index (χ1v) is 8.24. The second kappa shape index (κ2) is 7.27.